The third-order valence-electron chi connectivity index (χ3n) is 1.35. The molecule has 16 heavy (non-hydrogen) atoms. The van der Waals surface area contributed by atoms with Crippen molar-refractivity contribution in [2.45, 2.75) is 24.8 Å². The van der Waals surface area contributed by atoms with Gasteiger partial charge in [0.1, 0.15) is 0 Å². The Morgan fingerprint density at radius 1 is 1.12 bits per heavy atom. The maximum atomic E-state index is 11.4. The SMILES string of the molecule is CC(C)OS(=O)(=O)c1ccccc1.O.[H-].[H-].[Na+].[Na+]. The second kappa shape index (κ2) is 10.1. The summed E-state index contributed by atoms with van der Waals surface area (Å²) in [5, 5.41) is 0. The van der Waals surface area contributed by atoms with E-state index < -0.39 is 10.1 Å². The van der Waals surface area contributed by atoms with Gasteiger partial charge in [0.15, 0.2) is 0 Å². The van der Waals surface area contributed by atoms with Crippen LogP contribution in [0.3, 0.4) is 0 Å². The molecule has 0 radical (unpaired) electrons. The van der Waals surface area contributed by atoms with E-state index in [1.807, 2.05) is 0 Å². The first-order chi connectivity index (χ1) is 6.02. The van der Waals surface area contributed by atoms with E-state index in [0.717, 1.165) is 0 Å². The van der Waals surface area contributed by atoms with Gasteiger partial charge in [-0.3, -0.25) is 4.18 Å². The molecule has 0 atom stereocenters. The molecular weight excluding hydrogens is 250 g/mol. The first-order valence-electron chi connectivity index (χ1n) is 4.01. The zero-order valence-corrected chi connectivity index (χ0v) is 14.9. The topological polar surface area (TPSA) is 74.9 Å². The first-order valence-corrected chi connectivity index (χ1v) is 5.41. The van der Waals surface area contributed by atoms with Gasteiger partial charge in [-0.05, 0) is 26.0 Å². The molecule has 0 saturated carbocycles. The molecule has 0 aliphatic heterocycles. The van der Waals surface area contributed by atoms with Crippen molar-refractivity contribution in [3.8, 4) is 0 Å². The largest absolute Gasteiger partial charge is 1.00 e. The number of hydrogen-bond acceptors (Lipinski definition) is 3. The van der Waals surface area contributed by atoms with Gasteiger partial charge in [-0.25, -0.2) is 0 Å². The molecule has 0 spiro atoms. The molecule has 0 saturated heterocycles. The molecule has 84 valence electrons. The predicted molar refractivity (Wildman–Crippen MR) is 55.7 cm³/mol. The summed E-state index contributed by atoms with van der Waals surface area (Å²) in [6.45, 7) is 3.36. The zero-order chi connectivity index (χ0) is 9.90. The van der Waals surface area contributed by atoms with Gasteiger partial charge in [0.25, 0.3) is 10.1 Å². The number of benzene rings is 1. The van der Waals surface area contributed by atoms with Gasteiger partial charge < -0.3 is 8.33 Å². The second-order valence-corrected chi connectivity index (χ2v) is 4.48. The average Bonchev–Trinajstić information content (AvgIpc) is 2.04. The van der Waals surface area contributed by atoms with Crippen molar-refractivity contribution in [2.24, 2.45) is 0 Å². The van der Waals surface area contributed by atoms with Crippen LogP contribution in [0, 0.1) is 0 Å². The van der Waals surface area contributed by atoms with Crippen LogP contribution in [0.2, 0.25) is 0 Å². The Balaban J connectivity index is -0.000000113. The Morgan fingerprint density at radius 2 is 1.56 bits per heavy atom. The molecule has 2 N–H and O–H groups in total. The summed E-state index contributed by atoms with van der Waals surface area (Å²) in [5.41, 5.74) is 0. The summed E-state index contributed by atoms with van der Waals surface area (Å²) in [7, 11) is -3.56. The maximum absolute atomic E-state index is 11.4. The van der Waals surface area contributed by atoms with Crippen LogP contribution in [-0.2, 0) is 14.3 Å². The quantitative estimate of drug-likeness (QED) is 0.407. The molecule has 1 aromatic rings. The average molecular weight is 266 g/mol. The maximum Gasteiger partial charge on any atom is 1.00 e. The van der Waals surface area contributed by atoms with Gasteiger partial charge in [0.2, 0.25) is 0 Å². The monoisotopic (exact) mass is 266 g/mol. The smallest absolute Gasteiger partial charge is 1.00 e. The molecule has 0 aliphatic rings. The van der Waals surface area contributed by atoms with Gasteiger partial charge in [0, 0.05) is 0 Å². The summed E-state index contributed by atoms with van der Waals surface area (Å²) in [6, 6.07) is 8.11. The molecule has 0 unspecified atom stereocenters. The molecule has 0 amide bonds. The van der Waals surface area contributed by atoms with Crippen LogP contribution in [0.4, 0.5) is 0 Å². The van der Waals surface area contributed by atoms with E-state index in [1.54, 1.807) is 32.0 Å². The van der Waals surface area contributed by atoms with Crippen LogP contribution in [0.5, 0.6) is 0 Å². The van der Waals surface area contributed by atoms with E-state index in [-0.39, 0.29) is 78.4 Å². The minimum Gasteiger partial charge on any atom is -1.00 e. The second-order valence-electron chi connectivity index (χ2n) is 2.91. The molecule has 0 heterocycles. The van der Waals surface area contributed by atoms with Crippen LogP contribution >= 0.6 is 0 Å². The Bertz CT molecular complexity index is 373. The third kappa shape index (κ3) is 7.42. The van der Waals surface area contributed by atoms with Crippen LogP contribution < -0.4 is 59.1 Å². The zero-order valence-electron chi connectivity index (χ0n) is 12.1. The van der Waals surface area contributed by atoms with Gasteiger partial charge in [0.05, 0.1) is 11.0 Å². The van der Waals surface area contributed by atoms with Crippen molar-refractivity contribution in [3.63, 3.8) is 0 Å². The summed E-state index contributed by atoms with van der Waals surface area (Å²) in [5.74, 6) is 0. The summed E-state index contributed by atoms with van der Waals surface area (Å²) < 4.78 is 27.6. The van der Waals surface area contributed by atoms with Gasteiger partial charge in [-0.2, -0.15) is 8.42 Å². The molecule has 4 nitrogen and oxygen atoms in total. The van der Waals surface area contributed by atoms with E-state index in [9.17, 15) is 8.42 Å². The van der Waals surface area contributed by atoms with Gasteiger partial charge >= 0.3 is 59.1 Å². The summed E-state index contributed by atoms with van der Waals surface area (Å²) in [4.78, 5) is 0.198. The van der Waals surface area contributed by atoms with Crippen molar-refractivity contribution in [1.29, 1.82) is 0 Å². The van der Waals surface area contributed by atoms with Gasteiger partial charge in [-0.15, -0.1) is 0 Å². The van der Waals surface area contributed by atoms with E-state index in [2.05, 4.69) is 0 Å². The Morgan fingerprint density at radius 3 is 1.94 bits per heavy atom. The fraction of sp³-hybridized carbons (Fsp3) is 0.333. The molecule has 0 bridgehead atoms. The fourth-order valence-corrected chi connectivity index (χ4v) is 2.00. The molecule has 0 fully saturated rings. The minimum atomic E-state index is -3.56. The van der Waals surface area contributed by atoms with Crippen molar-refractivity contribution in [3.05, 3.63) is 30.3 Å². The molecular formula is C9H16Na2O4S. The van der Waals surface area contributed by atoms with E-state index in [4.69, 9.17) is 4.18 Å². The van der Waals surface area contributed by atoms with Crippen molar-refractivity contribution in [2.75, 3.05) is 0 Å². The third-order valence-corrected chi connectivity index (χ3v) is 2.84. The minimum absolute atomic E-state index is 0. The number of hydrogen-bond donors (Lipinski definition) is 0. The van der Waals surface area contributed by atoms with Crippen molar-refractivity contribution in [1.82, 2.24) is 0 Å². The van der Waals surface area contributed by atoms with Gasteiger partial charge in [-0.1, -0.05) is 18.2 Å². The predicted octanol–water partition coefficient (Wildman–Crippen LogP) is -4.79. The standard InChI is InChI=1S/C9H12O3S.2Na.H2O.2H/c1-8(2)12-13(10,11)9-6-4-3-5-7-9;;;;;/h3-8H,1-2H3;;;1H2;;/q;2*+1;;2*-1. The normalized spacial score (nSPS) is 9.69. The Kier molecular flexibility index (Phi) is 14.0. The van der Waals surface area contributed by atoms with E-state index >= 15 is 0 Å². The first kappa shape index (κ1) is 22.3. The van der Waals surface area contributed by atoms with Crippen molar-refractivity contribution < 1.29 is 80.0 Å². The molecule has 1 aromatic carbocycles. The van der Waals surface area contributed by atoms with E-state index in [1.165, 1.54) is 12.1 Å². The molecule has 7 heteroatoms. The Hall–Kier alpha value is 1.09. The summed E-state index contributed by atoms with van der Waals surface area (Å²) in [6.07, 6.45) is -0.329. The molecule has 0 aromatic heterocycles. The molecule has 1 rings (SSSR count). The number of rotatable bonds is 3. The van der Waals surface area contributed by atoms with Crippen LogP contribution in [0.15, 0.2) is 35.2 Å². The van der Waals surface area contributed by atoms with E-state index in [0.29, 0.717) is 0 Å². The summed E-state index contributed by atoms with van der Waals surface area (Å²) >= 11 is 0. The Labute approximate surface area is 144 Å². The molecule has 0 aliphatic carbocycles. The van der Waals surface area contributed by atoms with Crippen LogP contribution in [0.1, 0.15) is 16.7 Å². The van der Waals surface area contributed by atoms with Crippen LogP contribution in [0.25, 0.3) is 0 Å². The fourth-order valence-electron chi connectivity index (χ4n) is 0.896. The van der Waals surface area contributed by atoms with Crippen molar-refractivity contribution >= 4 is 10.1 Å². The van der Waals surface area contributed by atoms with Crippen LogP contribution in [-0.4, -0.2) is 20.0 Å².